The van der Waals surface area contributed by atoms with Crippen molar-refractivity contribution in [3.05, 3.63) is 0 Å². The molecule has 0 N–H and O–H groups in total. The lowest BCUT2D eigenvalue weighted by Crippen LogP contribution is -2.37. The third-order valence-corrected chi connectivity index (χ3v) is 10.8. The van der Waals surface area contributed by atoms with Crippen LogP contribution in [0.3, 0.4) is 0 Å². The van der Waals surface area contributed by atoms with Gasteiger partial charge in [-0.25, -0.2) is 0 Å². The first-order valence-corrected chi connectivity index (χ1v) is 23.7. The number of hydrogen-bond acceptors (Lipinski definition) is 8. The molecule has 0 aliphatic carbocycles. The Labute approximate surface area is 327 Å². The maximum Gasteiger partial charge on any atom is 0.306 e. The number of unbranched alkanes of at least 4 members (excludes halogenated alkanes) is 27. The summed E-state index contributed by atoms with van der Waals surface area (Å²) < 4.78 is 33.8. The molecule has 0 bridgehead atoms. The number of esters is 2. The lowest BCUT2D eigenvalue weighted by molar-refractivity contribution is -0.870. The van der Waals surface area contributed by atoms with Crippen molar-refractivity contribution in [3.63, 3.8) is 0 Å². The molecule has 53 heavy (non-hydrogen) atoms. The number of nitrogens with zero attached hydrogens (tertiary/aromatic N) is 1. The summed E-state index contributed by atoms with van der Waals surface area (Å²) in [7, 11) is 1.18. The van der Waals surface area contributed by atoms with Crippen LogP contribution in [-0.4, -0.2) is 70.0 Å². The predicted octanol–water partition coefficient (Wildman–Crippen LogP) is 11.8. The number of quaternary nitrogens is 1. The minimum Gasteiger partial charge on any atom is -0.756 e. The number of ether oxygens (including phenoxy) is 2. The highest BCUT2D eigenvalue weighted by Gasteiger charge is 2.21. The Hall–Kier alpha value is -0.990. The highest BCUT2D eigenvalue weighted by Crippen LogP contribution is 2.38. The molecule has 0 spiro atoms. The second-order valence-corrected chi connectivity index (χ2v) is 17.8. The van der Waals surface area contributed by atoms with Gasteiger partial charge < -0.3 is 27.9 Å². The number of hydrogen-bond donors (Lipinski definition) is 0. The van der Waals surface area contributed by atoms with Crippen molar-refractivity contribution in [1.29, 1.82) is 0 Å². The zero-order valence-corrected chi connectivity index (χ0v) is 36.4. The molecule has 316 valence electrons. The van der Waals surface area contributed by atoms with Gasteiger partial charge in [0.25, 0.3) is 7.82 Å². The minimum absolute atomic E-state index is 0.0261. The number of likely N-dealkylation sites (N-methyl/N-ethyl adjacent to an activating group) is 1. The van der Waals surface area contributed by atoms with Crippen molar-refractivity contribution in [3.8, 4) is 0 Å². The average molecular weight is 776 g/mol. The quantitative estimate of drug-likeness (QED) is 0.0261. The largest absolute Gasteiger partial charge is 0.756 e. The van der Waals surface area contributed by atoms with Crippen molar-refractivity contribution < 1.29 is 42.1 Å². The molecule has 0 radical (unpaired) electrons. The summed E-state index contributed by atoms with van der Waals surface area (Å²) in [6.07, 6.45) is 35.8. The molecule has 0 aliphatic heterocycles. The summed E-state index contributed by atoms with van der Waals surface area (Å²) in [5, 5.41) is 0. The van der Waals surface area contributed by atoms with Gasteiger partial charge in [-0.15, -0.1) is 0 Å². The maximum absolute atomic E-state index is 12.6. The van der Waals surface area contributed by atoms with E-state index in [1.807, 2.05) is 21.1 Å². The van der Waals surface area contributed by atoms with Crippen LogP contribution >= 0.6 is 7.82 Å². The van der Waals surface area contributed by atoms with Crippen molar-refractivity contribution in [1.82, 2.24) is 0 Å². The molecule has 9 nitrogen and oxygen atoms in total. The van der Waals surface area contributed by atoms with Crippen LogP contribution in [0.25, 0.3) is 0 Å². The highest BCUT2D eigenvalue weighted by atomic mass is 31.2. The van der Waals surface area contributed by atoms with Gasteiger partial charge in [0.05, 0.1) is 27.7 Å². The molecular weight excluding hydrogens is 689 g/mol. The zero-order valence-electron chi connectivity index (χ0n) is 35.5. The number of phosphoric ester groups is 1. The van der Waals surface area contributed by atoms with Crippen LogP contribution in [0, 0.1) is 0 Å². The van der Waals surface area contributed by atoms with Crippen LogP contribution in [0.5, 0.6) is 0 Å². The molecule has 0 amide bonds. The van der Waals surface area contributed by atoms with Gasteiger partial charge in [0.15, 0.2) is 6.10 Å². The molecular formula is C43H86NO8P. The van der Waals surface area contributed by atoms with Crippen LogP contribution in [-0.2, 0) is 32.7 Å². The standard InChI is InChI=1S/C43H86NO8P/c1-6-8-10-12-14-16-17-18-19-20-21-22-23-24-25-26-27-28-30-31-33-35-42(45)49-39-41(40-51-53(47,48)50-38-37-44(3,4)5)52-43(46)36-34-32-29-15-13-11-9-7-2/h41H,6-40H2,1-5H3/t41-/m0/s1. The van der Waals surface area contributed by atoms with Crippen molar-refractivity contribution in [2.24, 2.45) is 0 Å². The molecule has 0 aliphatic rings. The van der Waals surface area contributed by atoms with Gasteiger partial charge in [-0.3, -0.25) is 14.2 Å². The fourth-order valence-corrected chi connectivity index (χ4v) is 7.09. The summed E-state index contributed by atoms with van der Waals surface area (Å²) in [5.41, 5.74) is 0. The average Bonchev–Trinajstić information content (AvgIpc) is 3.10. The second-order valence-electron chi connectivity index (χ2n) is 16.4. The van der Waals surface area contributed by atoms with Gasteiger partial charge in [0.1, 0.15) is 19.8 Å². The van der Waals surface area contributed by atoms with E-state index in [1.165, 1.54) is 141 Å². The van der Waals surface area contributed by atoms with E-state index in [1.54, 1.807) is 0 Å². The lowest BCUT2D eigenvalue weighted by Gasteiger charge is -2.28. The third kappa shape index (κ3) is 40.5. The Bertz CT molecular complexity index is 881. The molecule has 0 rings (SSSR count). The van der Waals surface area contributed by atoms with Crippen LogP contribution < -0.4 is 4.89 Å². The summed E-state index contributed by atoms with van der Waals surface area (Å²) >= 11 is 0. The van der Waals surface area contributed by atoms with E-state index >= 15 is 0 Å². The second kappa shape index (κ2) is 36.6. The van der Waals surface area contributed by atoms with E-state index in [9.17, 15) is 19.0 Å². The summed E-state index contributed by atoms with van der Waals surface area (Å²) in [6.45, 7) is 4.22. The highest BCUT2D eigenvalue weighted by molar-refractivity contribution is 7.45. The Balaban J connectivity index is 4.12. The van der Waals surface area contributed by atoms with E-state index in [2.05, 4.69) is 13.8 Å². The van der Waals surface area contributed by atoms with Crippen molar-refractivity contribution in [2.75, 3.05) is 47.5 Å². The van der Waals surface area contributed by atoms with Gasteiger partial charge in [0, 0.05) is 12.8 Å². The van der Waals surface area contributed by atoms with Gasteiger partial charge in [-0.05, 0) is 12.8 Å². The Morgan fingerprint density at radius 1 is 0.509 bits per heavy atom. The fraction of sp³-hybridized carbons (Fsp3) is 0.953. The molecule has 0 saturated carbocycles. The van der Waals surface area contributed by atoms with Crippen molar-refractivity contribution in [2.45, 2.75) is 219 Å². The smallest absolute Gasteiger partial charge is 0.306 e. The van der Waals surface area contributed by atoms with Crippen molar-refractivity contribution >= 4 is 19.8 Å². The summed E-state index contributed by atoms with van der Waals surface area (Å²) in [4.78, 5) is 37.3. The molecule has 0 heterocycles. The van der Waals surface area contributed by atoms with Gasteiger partial charge in [-0.2, -0.15) is 0 Å². The SMILES string of the molecule is CCCCCCCCCCCCCCCCCCCCCCCC(=O)OC[C@@H](COP(=O)([O-])OCC[N+](C)(C)C)OC(=O)CCCCCCCCCC. The van der Waals surface area contributed by atoms with Crippen LogP contribution in [0.15, 0.2) is 0 Å². The van der Waals surface area contributed by atoms with Crippen LogP contribution in [0.1, 0.15) is 213 Å². The molecule has 0 aromatic carbocycles. The Morgan fingerprint density at radius 3 is 1.21 bits per heavy atom. The minimum atomic E-state index is -4.61. The van der Waals surface area contributed by atoms with Gasteiger partial charge in [0.2, 0.25) is 0 Å². The molecule has 0 saturated heterocycles. The molecule has 2 atom stereocenters. The lowest BCUT2D eigenvalue weighted by atomic mass is 10.0. The number of carbonyl (C=O) groups excluding carboxylic acids is 2. The molecule has 0 fully saturated rings. The number of rotatable bonds is 41. The fourth-order valence-electron chi connectivity index (χ4n) is 6.36. The van der Waals surface area contributed by atoms with E-state index in [4.69, 9.17) is 18.5 Å². The summed E-state index contributed by atoms with van der Waals surface area (Å²) in [6, 6.07) is 0. The van der Waals surface area contributed by atoms with Gasteiger partial charge >= 0.3 is 11.9 Å². The Morgan fingerprint density at radius 2 is 0.849 bits per heavy atom. The number of phosphoric acid groups is 1. The third-order valence-electron chi connectivity index (χ3n) is 9.88. The number of carbonyl (C=O) groups is 2. The predicted molar refractivity (Wildman–Crippen MR) is 218 cm³/mol. The normalized spacial score (nSPS) is 13.5. The monoisotopic (exact) mass is 776 g/mol. The first-order valence-electron chi connectivity index (χ1n) is 22.2. The zero-order chi connectivity index (χ0) is 39.3. The molecule has 0 aromatic rings. The van der Waals surface area contributed by atoms with E-state index < -0.39 is 26.5 Å². The van der Waals surface area contributed by atoms with Gasteiger partial charge in [-0.1, -0.05) is 187 Å². The topological polar surface area (TPSA) is 111 Å². The summed E-state index contributed by atoms with van der Waals surface area (Å²) in [5.74, 6) is -0.826. The van der Waals surface area contributed by atoms with E-state index in [-0.39, 0.29) is 32.0 Å². The first kappa shape index (κ1) is 52.0. The Kier molecular flexibility index (Phi) is 36.0. The van der Waals surface area contributed by atoms with E-state index in [0.717, 1.165) is 38.5 Å². The molecule has 1 unspecified atom stereocenters. The maximum atomic E-state index is 12.6. The van der Waals surface area contributed by atoms with E-state index in [0.29, 0.717) is 17.4 Å². The molecule has 10 heteroatoms. The van der Waals surface area contributed by atoms with Crippen LogP contribution in [0.2, 0.25) is 0 Å². The first-order chi connectivity index (χ1) is 25.5. The molecule has 0 aromatic heterocycles. The van der Waals surface area contributed by atoms with Crippen LogP contribution in [0.4, 0.5) is 0 Å².